The maximum Gasteiger partial charge on any atom is 0.162 e. The lowest BCUT2D eigenvalue weighted by Crippen LogP contribution is -2.12. The van der Waals surface area contributed by atoms with Gasteiger partial charge in [0.2, 0.25) is 0 Å². The van der Waals surface area contributed by atoms with Crippen LogP contribution in [-0.2, 0) is 12.8 Å². The molecule has 0 amide bonds. The highest BCUT2D eigenvalue weighted by Crippen LogP contribution is 2.29. The Kier molecular flexibility index (Phi) is 2.97. The second-order valence-electron chi connectivity index (χ2n) is 5.33. The lowest BCUT2D eigenvalue weighted by atomic mass is 9.95. The number of nitrogens with zero attached hydrogens (tertiary/aromatic N) is 2. The number of aromatic nitrogens is 2. The van der Waals surface area contributed by atoms with Gasteiger partial charge in [-0.3, -0.25) is 0 Å². The first-order valence-corrected chi connectivity index (χ1v) is 6.88. The van der Waals surface area contributed by atoms with Crippen LogP contribution in [0.5, 0.6) is 0 Å². The molecule has 1 heterocycles. The topological polar surface area (TPSA) is 51.8 Å². The summed E-state index contributed by atoms with van der Waals surface area (Å²) in [5.74, 6) is 1.45. The molecule has 0 aliphatic heterocycles. The lowest BCUT2D eigenvalue weighted by Gasteiger charge is -2.18. The molecule has 0 saturated carbocycles. The van der Waals surface area contributed by atoms with Crippen molar-refractivity contribution < 1.29 is 0 Å². The van der Waals surface area contributed by atoms with Gasteiger partial charge in [0, 0.05) is 16.8 Å². The minimum absolute atomic E-state index is 0.669. The zero-order chi connectivity index (χ0) is 13.4. The Morgan fingerprint density at radius 3 is 2.42 bits per heavy atom. The van der Waals surface area contributed by atoms with E-state index in [1.807, 2.05) is 0 Å². The van der Waals surface area contributed by atoms with Gasteiger partial charge in [-0.1, -0.05) is 18.2 Å². The standard InChI is InChI=1S/C16H19N3/c1-10-6-5-7-11(2)14(10)16-18-13-9-4-3-8-12(13)15(17)19-16/h5-7H,3-4,8-9H2,1-2H3,(H2,17,18,19). The molecule has 0 unspecified atom stereocenters. The van der Waals surface area contributed by atoms with E-state index in [2.05, 4.69) is 37.0 Å². The third kappa shape index (κ3) is 2.09. The van der Waals surface area contributed by atoms with Gasteiger partial charge in [-0.2, -0.15) is 0 Å². The summed E-state index contributed by atoms with van der Waals surface area (Å²) < 4.78 is 0. The third-order valence-electron chi connectivity index (χ3n) is 3.92. The van der Waals surface area contributed by atoms with Crippen molar-refractivity contribution in [3.63, 3.8) is 0 Å². The molecular formula is C16H19N3. The molecule has 3 heteroatoms. The zero-order valence-electron chi connectivity index (χ0n) is 11.5. The molecule has 1 aromatic carbocycles. The molecule has 0 saturated heterocycles. The zero-order valence-corrected chi connectivity index (χ0v) is 11.5. The number of nitrogens with two attached hydrogens (primary N) is 1. The van der Waals surface area contributed by atoms with Crippen LogP contribution in [-0.4, -0.2) is 9.97 Å². The molecule has 0 spiro atoms. The third-order valence-corrected chi connectivity index (χ3v) is 3.92. The Balaban J connectivity index is 2.19. The van der Waals surface area contributed by atoms with Gasteiger partial charge in [0.05, 0.1) is 0 Å². The molecule has 19 heavy (non-hydrogen) atoms. The fourth-order valence-corrected chi connectivity index (χ4v) is 2.90. The number of anilines is 1. The fourth-order valence-electron chi connectivity index (χ4n) is 2.90. The number of nitrogen functional groups attached to an aromatic ring is 1. The summed E-state index contributed by atoms with van der Waals surface area (Å²) in [6.45, 7) is 4.20. The molecule has 2 aromatic rings. The van der Waals surface area contributed by atoms with Crippen molar-refractivity contribution in [3.8, 4) is 11.4 Å². The maximum absolute atomic E-state index is 6.13. The van der Waals surface area contributed by atoms with Crippen LogP contribution in [0, 0.1) is 13.8 Å². The van der Waals surface area contributed by atoms with Gasteiger partial charge in [-0.25, -0.2) is 9.97 Å². The van der Waals surface area contributed by atoms with Gasteiger partial charge in [0.25, 0.3) is 0 Å². The van der Waals surface area contributed by atoms with Crippen molar-refractivity contribution in [2.75, 3.05) is 5.73 Å². The van der Waals surface area contributed by atoms with Gasteiger partial charge < -0.3 is 5.73 Å². The second kappa shape index (κ2) is 4.65. The highest BCUT2D eigenvalue weighted by atomic mass is 15.0. The van der Waals surface area contributed by atoms with Crippen molar-refractivity contribution in [1.29, 1.82) is 0 Å². The molecule has 1 aliphatic carbocycles. The SMILES string of the molecule is Cc1cccc(C)c1-c1nc(N)c2c(n1)CCCC2. The average Bonchev–Trinajstić information content (AvgIpc) is 2.38. The highest BCUT2D eigenvalue weighted by Gasteiger charge is 2.18. The van der Waals surface area contributed by atoms with Crippen molar-refractivity contribution in [2.45, 2.75) is 39.5 Å². The summed E-state index contributed by atoms with van der Waals surface area (Å²) in [7, 11) is 0. The summed E-state index contributed by atoms with van der Waals surface area (Å²) in [6.07, 6.45) is 4.45. The number of rotatable bonds is 1. The summed E-state index contributed by atoms with van der Waals surface area (Å²) in [4.78, 5) is 9.32. The first kappa shape index (κ1) is 12.2. The minimum Gasteiger partial charge on any atom is -0.383 e. The molecule has 2 N–H and O–H groups in total. The van der Waals surface area contributed by atoms with Crippen LogP contribution in [0.4, 0.5) is 5.82 Å². The molecule has 0 atom stereocenters. The smallest absolute Gasteiger partial charge is 0.162 e. The molecule has 0 fully saturated rings. The first-order chi connectivity index (χ1) is 9.16. The number of benzene rings is 1. The normalized spacial score (nSPS) is 14.2. The van der Waals surface area contributed by atoms with Gasteiger partial charge >= 0.3 is 0 Å². The predicted molar refractivity (Wildman–Crippen MR) is 78.0 cm³/mol. The molecule has 98 valence electrons. The van der Waals surface area contributed by atoms with E-state index in [1.165, 1.54) is 29.5 Å². The van der Waals surface area contributed by atoms with Crippen LogP contribution in [0.25, 0.3) is 11.4 Å². The van der Waals surface area contributed by atoms with Crippen molar-refractivity contribution in [1.82, 2.24) is 9.97 Å². The van der Waals surface area contributed by atoms with E-state index in [4.69, 9.17) is 10.7 Å². The van der Waals surface area contributed by atoms with Crippen molar-refractivity contribution in [3.05, 3.63) is 40.6 Å². The Labute approximate surface area is 113 Å². The average molecular weight is 253 g/mol. The summed E-state index contributed by atoms with van der Waals surface area (Å²) in [5.41, 5.74) is 12.0. The van der Waals surface area contributed by atoms with Gasteiger partial charge in [0.1, 0.15) is 5.82 Å². The summed E-state index contributed by atoms with van der Waals surface area (Å²) in [5, 5.41) is 0. The van der Waals surface area contributed by atoms with Crippen molar-refractivity contribution in [2.24, 2.45) is 0 Å². The Bertz CT molecular complexity index is 612. The van der Waals surface area contributed by atoms with E-state index in [1.54, 1.807) is 0 Å². The lowest BCUT2D eigenvalue weighted by molar-refractivity contribution is 0.666. The van der Waals surface area contributed by atoms with Crippen LogP contribution in [0.2, 0.25) is 0 Å². The molecule has 0 radical (unpaired) electrons. The van der Waals surface area contributed by atoms with Crippen molar-refractivity contribution >= 4 is 5.82 Å². The van der Waals surface area contributed by atoms with Crippen LogP contribution in [0.15, 0.2) is 18.2 Å². The predicted octanol–water partition coefficient (Wildman–Crippen LogP) is 3.22. The quantitative estimate of drug-likeness (QED) is 0.849. The van der Waals surface area contributed by atoms with Crippen LogP contribution in [0.1, 0.15) is 35.2 Å². The second-order valence-corrected chi connectivity index (χ2v) is 5.33. The van der Waals surface area contributed by atoms with Gasteiger partial charge in [-0.05, 0) is 50.7 Å². The summed E-state index contributed by atoms with van der Waals surface area (Å²) >= 11 is 0. The van der Waals surface area contributed by atoms with E-state index in [9.17, 15) is 0 Å². The molecule has 1 aromatic heterocycles. The Morgan fingerprint density at radius 2 is 1.68 bits per heavy atom. The monoisotopic (exact) mass is 253 g/mol. The van der Waals surface area contributed by atoms with E-state index >= 15 is 0 Å². The maximum atomic E-state index is 6.13. The van der Waals surface area contributed by atoms with Gasteiger partial charge in [-0.15, -0.1) is 0 Å². The van der Waals surface area contributed by atoms with Crippen LogP contribution in [0.3, 0.4) is 0 Å². The molecular weight excluding hydrogens is 234 g/mol. The van der Waals surface area contributed by atoms with E-state index < -0.39 is 0 Å². The number of fused-ring (bicyclic) bond motifs is 1. The van der Waals surface area contributed by atoms with Crippen LogP contribution >= 0.6 is 0 Å². The molecule has 1 aliphatic rings. The Hall–Kier alpha value is -1.90. The largest absolute Gasteiger partial charge is 0.383 e. The first-order valence-electron chi connectivity index (χ1n) is 6.88. The fraction of sp³-hybridized carbons (Fsp3) is 0.375. The highest BCUT2D eigenvalue weighted by molar-refractivity contribution is 5.66. The number of aryl methyl sites for hydroxylation is 3. The molecule has 3 nitrogen and oxygen atoms in total. The minimum atomic E-state index is 0.669. The molecule has 0 bridgehead atoms. The number of hydrogen-bond donors (Lipinski definition) is 1. The number of hydrogen-bond acceptors (Lipinski definition) is 3. The van der Waals surface area contributed by atoms with E-state index in [0.717, 1.165) is 29.9 Å². The molecule has 3 rings (SSSR count). The summed E-state index contributed by atoms with van der Waals surface area (Å²) in [6, 6.07) is 6.26. The Morgan fingerprint density at radius 1 is 1.00 bits per heavy atom. The van der Waals surface area contributed by atoms with E-state index in [0.29, 0.717) is 5.82 Å². The van der Waals surface area contributed by atoms with Crippen LogP contribution < -0.4 is 5.73 Å². The van der Waals surface area contributed by atoms with E-state index in [-0.39, 0.29) is 0 Å². The van der Waals surface area contributed by atoms with Gasteiger partial charge in [0.15, 0.2) is 5.82 Å².